The van der Waals surface area contributed by atoms with Crippen molar-refractivity contribution in [2.45, 2.75) is 13.3 Å². The number of ether oxygens (including phenoxy) is 2. The maximum absolute atomic E-state index is 12.8. The highest BCUT2D eigenvalue weighted by atomic mass is 16.5. The van der Waals surface area contributed by atoms with Crippen LogP contribution in [0.25, 0.3) is 0 Å². The van der Waals surface area contributed by atoms with Gasteiger partial charge in [-0.05, 0) is 86.2 Å². The minimum atomic E-state index is -0.0556. The second kappa shape index (κ2) is 10.6. The molecule has 0 atom stereocenters. The van der Waals surface area contributed by atoms with Crippen LogP contribution in [0.15, 0.2) is 121 Å². The molecule has 0 amide bonds. The summed E-state index contributed by atoms with van der Waals surface area (Å²) in [6.07, 6.45) is 18.0. The van der Waals surface area contributed by atoms with Gasteiger partial charge in [0.15, 0.2) is 5.78 Å². The lowest BCUT2D eigenvalue weighted by Crippen LogP contribution is -2.01. The minimum Gasteiger partial charge on any atom is -0.457 e. The van der Waals surface area contributed by atoms with E-state index in [1.807, 2.05) is 43.4 Å². The van der Waals surface area contributed by atoms with Gasteiger partial charge in [-0.25, -0.2) is 0 Å². The molecule has 30 heavy (non-hydrogen) atoms. The quantitative estimate of drug-likeness (QED) is 0.282. The molecule has 0 aromatic heterocycles. The molecule has 150 valence electrons. The second-order valence-corrected chi connectivity index (χ2v) is 6.52. The highest BCUT2D eigenvalue weighted by Gasteiger charge is 2.10. The van der Waals surface area contributed by atoms with E-state index in [0.29, 0.717) is 28.4 Å². The molecule has 0 aliphatic heterocycles. The van der Waals surface area contributed by atoms with Crippen LogP contribution < -0.4 is 9.47 Å². The second-order valence-electron chi connectivity index (χ2n) is 6.52. The zero-order valence-corrected chi connectivity index (χ0v) is 17.0. The van der Waals surface area contributed by atoms with E-state index in [-0.39, 0.29) is 5.78 Å². The van der Waals surface area contributed by atoms with Crippen molar-refractivity contribution < 1.29 is 14.3 Å². The van der Waals surface area contributed by atoms with Gasteiger partial charge in [-0.15, -0.1) is 0 Å². The van der Waals surface area contributed by atoms with Crippen LogP contribution in [0.3, 0.4) is 0 Å². The Morgan fingerprint density at radius 3 is 2.27 bits per heavy atom. The van der Waals surface area contributed by atoms with E-state index < -0.39 is 0 Å². The Balaban J connectivity index is 1.67. The fraction of sp³-hybridized carbons (Fsp3) is 0.0741. The Morgan fingerprint density at radius 2 is 1.63 bits per heavy atom. The fourth-order valence-corrected chi connectivity index (χ4v) is 2.82. The van der Waals surface area contributed by atoms with E-state index in [9.17, 15) is 4.79 Å². The lowest BCUT2D eigenvalue weighted by atomic mass is 10.0. The summed E-state index contributed by atoms with van der Waals surface area (Å²) < 4.78 is 11.6. The van der Waals surface area contributed by atoms with Gasteiger partial charge < -0.3 is 9.47 Å². The van der Waals surface area contributed by atoms with Crippen molar-refractivity contribution in [1.29, 1.82) is 0 Å². The number of carbonyl (C=O) groups is 1. The lowest BCUT2D eigenvalue weighted by molar-refractivity contribution is 0.103. The summed E-state index contributed by atoms with van der Waals surface area (Å²) in [6.45, 7) is 5.60. The third-order valence-electron chi connectivity index (χ3n) is 4.27. The maximum Gasteiger partial charge on any atom is 0.193 e. The van der Waals surface area contributed by atoms with E-state index >= 15 is 0 Å². The predicted molar refractivity (Wildman–Crippen MR) is 122 cm³/mol. The van der Waals surface area contributed by atoms with Gasteiger partial charge in [0.25, 0.3) is 0 Å². The van der Waals surface area contributed by atoms with Crippen molar-refractivity contribution >= 4 is 5.78 Å². The van der Waals surface area contributed by atoms with Crippen LogP contribution in [-0.2, 0) is 0 Å². The molecule has 0 N–H and O–H groups in total. The van der Waals surface area contributed by atoms with Crippen LogP contribution in [0.1, 0.15) is 29.3 Å². The number of hydrogen-bond donors (Lipinski definition) is 0. The number of carbonyl (C=O) groups excluding carboxylic acids is 1. The predicted octanol–water partition coefficient (Wildman–Crippen LogP) is 6.72. The zero-order valence-electron chi connectivity index (χ0n) is 17.0. The molecule has 2 aromatic carbocycles. The summed E-state index contributed by atoms with van der Waals surface area (Å²) in [5.74, 6) is 2.73. The van der Waals surface area contributed by atoms with E-state index in [0.717, 1.165) is 12.2 Å². The summed E-state index contributed by atoms with van der Waals surface area (Å²) in [4.78, 5) is 12.8. The monoisotopic (exact) mass is 396 g/mol. The van der Waals surface area contributed by atoms with Gasteiger partial charge in [0, 0.05) is 11.1 Å². The average Bonchev–Trinajstić information content (AvgIpc) is 3.03. The fourth-order valence-electron chi connectivity index (χ4n) is 2.82. The van der Waals surface area contributed by atoms with Gasteiger partial charge in [-0.2, -0.15) is 0 Å². The van der Waals surface area contributed by atoms with Crippen LogP contribution in [0.4, 0.5) is 0 Å². The molecule has 1 aliphatic rings. The molecule has 3 rings (SSSR count). The first-order chi connectivity index (χ1) is 14.7. The number of rotatable bonds is 8. The van der Waals surface area contributed by atoms with Gasteiger partial charge in [0.1, 0.15) is 23.0 Å². The van der Waals surface area contributed by atoms with Crippen molar-refractivity contribution in [3.8, 4) is 11.5 Å². The topological polar surface area (TPSA) is 35.5 Å². The molecule has 3 nitrogen and oxygen atoms in total. The molecule has 0 saturated heterocycles. The van der Waals surface area contributed by atoms with Gasteiger partial charge in [-0.1, -0.05) is 37.0 Å². The Hall–Kier alpha value is -3.85. The molecule has 0 heterocycles. The number of benzene rings is 2. The first kappa shape index (κ1) is 20.9. The largest absolute Gasteiger partial charge is 0.457 e. The van der Waals surface area contributed by atoms with Crippen molar-refractivity contribution in [2.24, 2.45) is 0 Å². The van der Waals surface area contributed by atoms with Crippen molar-refractivity contribution in [1.82, 2.24) is 0 Å². The third-order valence-corrected chi connectivity index (χ3v) is 4.27. The van der Waals surface area contributed by atoms with Crippen LogP contribution in [0.2, 0.25) is 0 Å². The third kappa shape index (κ3) is 5.82. The Bertz CT molecular complexity index is 981. The Labute approximate surface area is 177 Å². The van der Waals surface area contributed by atoms with E-state index in [1.165, 1.54) is 0 Å². The summed E-state index contributed by atoms with van der Waals surface area (Å²) in [6, 6.07) is 14.2. The van der Waals surface area contributed by atoms with E-state index in [2.05, 4.69) is 12.7 Å². The SMILES string of the molecule is C=C/C=C(\C=C/C)Oc1ccc(C(=O)c2ccc(OC3=CC=CCC=C3)cc2)cc1. The van der Waals surface area contributed by atoms with Crippen molar-refractivity contribution in [3.05, 3.63) is 132 Å². The standard InChI is InChI=1S/C27H24O3/c1-3-9-23(10-4-2)29-25-17-13-21(14-18-25)27(28)22-15-19-26(20-16-22)30-24-11-7-5-6-8-12-24/h3-5,7-20H,1,6H2,2H3/b10-4-,23-9+. The molecule has 0 unspecified atom stereocenters. The van der Waals surface area contributed by atoms with Crippen molar-refractivity contribution in [3.63, 3.8) is 0 Å². The average molecular weight is 396 g/mol. The number of hydrogen-bond acceptors (Lipinski definition) is 3. The first-order valence-electron chi connectivity index (χ1n) is 9.79. The summed E-state index contributed by atoms with van der Waals surface area (Å²) >= 11 is 0. The number of allylic oxidation sites excluding steroid dienone is 9. The highest BCUT2D eigenvalue weighted by molar-refractivity contribution is 6.09. The molecule has 0 bridgehead atoms. The van der Waals surface area contributed by atoms with Crippen LogP contribution in [0, 0.1) is 0 Å². The van der Waals surface area contributed by atoms with E-state index in [1.54, 1.807) is 60.7 Å². The molecular formula is C27H24O3. The number of ketones is 1. The molecule has 1 aliphatic carbocycles. The Morgan fingerprint density at radius 1 is 0.967 bits per heavy atom. The minimum absolute atomic E-state index is 0.0556. The molecule has 3 heteroatoms. The van der Waals surface area contributed by atoms with Gasteiger partial charge in [-0.3, -0.25) is 4.79 Å². The van der Waals surface area contributed by atoms with E-state index in [4.69, 9.17) is 9.47 Å². The molecular weight excluding hydrogens is 372 g/mol. The highest BCUT2D eigenvalue weighted by Crippen LogP contribution is 2.21. The molecule has 0 saturated carbocycles. The summed E-state index contributed by atoms with van der Waals surface area (Å²) in [5.41, 5.74) is 1.19. The van der Waals surface area contributed by atoms with Gasteiger partial charge in [0.05, 0.1) is 0 Å². The van der Waals surface area contributed by atoms with Crippen molar-refractivity contribution in [2.75, 3.05) is 0 Å². The molecule has 2 aromatic rings. The van der Waals surface area contributed by atoms with Crippen LogP contribution >= 0.6 is 0 Å². The Kier molecular flexibility index (Phi) is 7.39. The molecule has 0 radical (unpaired) electrons. The first-order valence-corrected chi connectivity index (χ1v) is 9.79. The van der Waals surface area contributed by atoms with Gasteiger partial charge in [0.2, 0.25) is 0 Å². The zero-order chi connectivity index (χ0) is 21.2. The van der Waals surface area contributed by atoms with Crippen LogP contribution in [0.5, 0.6) is 11.5 Å². The van der Waals surface area contributed by atoms with Gasteiger partial charge >= 0.3 is 0 Å². The molecule has 0 fully saturated rings. The lowest BCUT2D eigenvalue weighted by Gasteiger charge is -2.08. The summed E-state index contributed by atoms with van der Waals surface area (Å²) in [7, 11) is 0. The smallest absolute Gasteiger partial charge is 0.193 e. The molecule has 0 spiro atoms. The van der Waals surface area contributed by atoms with Crippen LogP contribution in [-0.4, -0.2) is 5.78 Å². The summed E-state index contributed by atoms with van der Waals surface area (Å²) in [5, 5.41) is 0. The normalized spacial score (nSPS) is 13.6. The maximum atomic E-state index is 12.8.